The van der Waals surface area contributed by atoms with Gasteiger partial charge in [-0.05, 0) is 18.1 Å². The average molecular weight is 287 g/mol. The molecule has 0 spiro atoms. The van der Waals surface area contributed by atoms with E-state index in [4.69, 9.17) is 29.0 Å². The molecular formula is C10H11Cl2F3N2. The Morgan fingerprint density at radius 1 is 1.29 bits per heavy atom. The summed E-state index contributed by atoms with van der Waals surface area (Å²) < 4.78 is 36.7. The van der Waals surface area contributed by atoms with E-state index in [9.17, 15) is 13.2 Å². The highest BCUT2D eigenvalue weighted by molar-refractivity contribution is 6.42. The van der Waals surface area contributed by atoms with E-state index in [0.29, 0.717) is 10.6 Å². The molecule has 17 heavy (non-hydrogen) atoms. The van der Waals surface area contributed by atoms with E-state index in [1.807, 2.05) is 0 Å². The first-order valence-corrected chi connectivity index (χ1v) is 5.55. The number of alkyl halides is 3. The molecular weight excluding hydrogens is 276 g/mol. The van der Waals surface area contributed by atoms with Crippen molar-refractivity contribution in [2.24, 2.45) is 5.84 Å². The molecule has 0 bridgehead atoms. The Morgan fingerprint density at radius 2 is 1.94 bits per heavy atom. The fraction of sp³-hybridized carbons (Fsp3) is 0.400. The van der Waals surface area contributed by atoms with Crippen molar-refractivity contribution in [2.45, 2.75) is 25.1 Å². The van der Waals surface area contributed by atoms with Gasteiger partial charge in [0.2, 0.25) is 0 Å². The van der Waals surface area contributed by atoms with E-state index in [1.165, 1.54) is 0 Å². The number of benzene rings is 1. The zero-order valence-electron chi connectivity index (χ0n) is 8.69. The highest BCUT2D eigenvalue weighted by atomic mass is 35.5. The maximum atomic E-state index is 12.2. The van der Waals surface area contributed by atoms with E-state index in [2.05, 4.69) is 5.43 Å². The summed E-state index contributed by atoms with van der Waals surface area (Å²) in [4.78, 5) is 0. The largest absolute Gasteiger partial charge is 0.390 e. The molecule has 0 aliphatic heterocycles. The van der Waals surface area contributed by atoms with Gasteiger partial charge in [-0.25, -0.2) is 0 Å². The van der Waals surface area contributed by atoms with Crippen molar-refractivity contribution < 1.29 is 13.2 Å². The lowest BCUT2D eigenvalue weighted by atomic mass is 10.0. The number of nitrogens with one attached hydrogen (secondary N) is 1. The molecule has 2 nitrogen and oxygen atoms in total. The van der Waals surface area contributed by atoms with Crippen LogP contribution < -0.4 is 11.3 Å². The van der Waals surface area contributed by atoms with Gasteiger partial charge >= 0.3 is 6.18 Å². The molecule has 1 atom stereocenters. The van der Waals surface area contributed by atoms with Gasteiger partial charge in [-0.3, -0.25) is 11.3 Å². The lowest BCUT2D eigenvalue weighted by Crippen LogP contribution is -2.40. The number of hydrazine groups is 1. The van der Waals surface area contributed by atoms with Crippen molar-refractivity contribution in [2.75, 3.05) is 0 Å². The fourth-order valence-electron chi connectivity index (χ4n) is 1.44. The van der Waals surface area contributed by atoms with Crippen LogP contribution in [0, 0.1) is 0 Å². The molecule has 0 aliphatic carbocycles. The number of hydrogen-bond acceptors (Lipinski definition) is 2. The molecule has 1 unspecified atom stereocenters. The first-order chi connectivity index (χ1) is 7.83. The van der Waals surface area contributed by atoms with Gasteiger partial charge < -0.3 is 0 Å². The van der Waals surface area contributed by atoms with Crippen LogP contribution in [-0.2, 0) is 6.42 Å². The quantitative estimate of drug-likeness (QED) is 0.658. The minimum absolute atomic E-state index is 0.0649. The van der Waals surface area contributed by atoms with Crippen LogP contribution >= 0.6 is 23.2 Å². The monoisotopic (exact) mass is 286 g/mol. The van der Waals surface area contributed by atoms with Crippen LogP contribution in [0.15, 0.2) is 18.2 Å². The summed E-state index contributed by atoms with van der Waals surface area (Å²) in [6.45, 7) is 0. The highest BCUT2D eigenvalue weighted by Gasteiger charge is 2.31. The van der Waals surface area contributed by atoms with Crippen LogP contribution in [0.1, 0.15) is 12.0 Å². The zero-order chi connectivity index (χ0) is 13.1. The number of hydrogen-bond donors (Lipinski definition) is 2. The third-order valence-corrected chi connectivity index (χ3v) is 3.07. The van der Waals surface area contributed by atoms with Gasteiger partial charge in [0, 0.05) is 6.04 Å². The molecule has 0 fully saturated rings. The molecule has 0 saturated heterocycles. The molecule has 1 rings (SSSR count). The maximum absolute atomic E-state index is 12.2. The van der Waals surface area contributed by atoms with E-state index < -0.39 is 18.6 Å². The Hall–Kier alpha value is -0.490. The molecule has 0 radical (unpaired) electrons. The summed E-state index contributed by atoms with van der Waals surface area (Å²) in [5, 5.41) is 0.573. The summed E-state index contributed by atoms with van der Waals surface area (Å²) in [7, 11) is 0. The predicted molar refractivity (Wildman–Crippen MR) is 61.9 cm³/mol. The van der Waals surface area contributed by atoms with E-state index in [-0.39, 0.29) is 11.4 Å². The molecule has 0 saturated carbocycles. The summed E-state index contributed by atoms with van der Waals surface area (Å²) in [5.74, 6) is 5.09. The molecule has 7 heteroatoms. The third-order valence-electron chi connectivity index (χ3n) is 2.21. The lowest BCUT2D eigenvalue weighted by Gasteiger charge is -2.18. The van der Waals surface area contributed by atoms with Crippen molar-refractivity contribution >= 4 is 23.2 Å². The lowest BCUT2D eigenvalue weighted by molar-refractivity contribution is -0.140. The van der Waals surface area contributed by atoms with E-state index >= 15 is 0 Å². The van der Waals surface area contributed by atoms with Crippen molar-refractivity contribution in [3.05, 3.63) is 33.8 Å². The predicted octanol–water partition coefficient (Wildman–Crippen LogP) is 3.32. The van der Waals surface area contributed by atoms with Gasteiger partial charge in [0.25, 0.3) is 0 Å². The molecule has 1 aromatic carbocycles. The second kappa shape index (κ2) is 5.91. The van der Waals surface area contributed by atoms with Gasteiger partial charge in [-0.15, -0.1) is 0 Å². The van der Waals surface area contributed by atoms with Crippen LogP contribution in [0.2, 0.25) is 10.0 Å². The van der Waals surface area contributed by atoms with Crippen molar-refractivity contribution in [3.63, 3.8) is 0 Å². The Balaban J connectivity index is 2.77. The van der Waals surface area contributed by atoms with Crippen LogP contribution in [0.3, 0.4) is 0 Å². The summed E-state index contributed by atoms with van der Waals surface area (Å²) in [5.41, 5.74) is 2.67. The second-order valence-electron chi connectivity index (χ2n) is 3.60. The molecule has 0 amide bonds. The van der Waals surface area contributed by atoms with Gasteiger partial charge in [0.15, 0.2) is 0 Å². The fourth-order valence-corrected chi connectivity index (χ4v) is 1.84. The number of rotatable bonds is 4. The first-order valence-electron chi connectivity index (χ1n) is 4.79. The number of halogens is 5. The van der Waals surface area contributed by atoms with Crippen LogP contribution in [0.5, 0.6) is 0 Å². The second-order valence-corrected chi connectivity index (χ2v) is 4.39. The van der Waals surface area contributed by atoms with E-state index in [1.54, 1.807) is 18.2 Å². The minimum Gasteiger partial charge on any atom is -0.271 e. The zero-order valence-corrected chi connectivity index (χ0v) is 10.2. The molecule has 96 valence electrons. The normalized spacial score (nSPS) is 13.8. The average Bonchev–Trinajstić information content (AvgIpc) is 2.21. The van der Waals surface area contributed by atoms with Crippen LogP contribution in [-0.4, -0.2) is 12.2 Å². The molecule has 0 aliphatic rings. The first kappa shape index (κ1) is 14.6. The minimum atomic E-state index is -4.28. The van der Waals surface area contributed by atoms with Crippen molar-refractivity contribution in [1.29, 1.82) is 0 Å². The smallest absolute Gasteiger partial charge is 0.271 e. The molecule has 3 N–H and O–H groups in total. The molecule has 0 heterocycles. The van der Waals surface area contributed by atoms with Gasteiger partial charge in [-0.2, -0.15) is 13.2 Å². The molecule has 0 aromatic heterocycles. The van der Waals surface area contributed by atoms with Crippen molar-refractivity contribution in [1.82, 2.24) is 5.43 Å². The Kier molecular flexibility index (Phi) is 5.06. The maximum Gasteiger partial charge on any atom is 0.390 e. The number of nitrogens with two attached hydrogens (primary N) is 1. The van der Waals surface area contributed by atoms with Gasteiger partial charge in [0.05, 0.1) is 16.5 Å². The summed E-state index contributed by atoms with van der Waals surface area (Å²) in [6.07, 6.45) is -5.23. The topological polar surface area (TPSA) is 38.0 Å². The Labute approximate surface area is 107 Å². The Morgan fingerprint density at radius 3 is 2.47 bits per heavy atom. The third kappa shape index (κ3) is 4.71. The highest BCUT2D eigenvalue weighted by Crippen LogP contribution is 2.28. The van der Waals surface area contributed by atoms with Crippen LogP contribution in [0.25, 0.3) is 0 Å². The summed E-state index contributed by atoms with van der Waals surface area (Å²) in [6, 6.07) is 3.90. The van der Waals surface area contributed by atoms with Gasteiger partial charge in [0.1, 0.15) is 0 Å². The standard InChI is InChI=1S/C10H11Cl2F3N2/c11-8-3-1-2-6(9(8)12)4-7(17-16)5-10(13,14)15/h1-3,7,17H,4-5,16H2. The van der Waals surface area contributed by atoms with Crippen LogP contribution in [0.4, 0.5) is 13.2 Å². The SMILES string of the molecule is NNC(Cc1cccc(Cl)c1Cl)CC(F)(F)F. The Bertz CT molecular complexity index is 382. The summed E-state index contributed by atoms with van der Waals surface area (Å²) >= 11 is 11.7. The van der Waals surface area contributed by atoms with Crippen molar-refractivity contribution in [3.8, 4) is 0 Å². The van der Waals surface area contributed by atoms with E-state index in [0.717, 1.165) is 0 Å². The van der Waals surface area contributed by atoms with Gasteiger partial charge in [-0.1, -0.05) is 35.3 Å². The molecule has 1 aromatic rings.